The van der Waals surface area contributed by atoms with Crippen LogP contribution in [0.4, 0.5) is 17.3 Å². The van der Waals surface area contributed by atoms with Gasteiger partial charge < -0.3 is 10.6 Å². The van der Waals surface area contributed by atoms with E-state index in [1.165, 1.54) is 18.6 Å². The molecule has 0 spiro atoms. The van der Waals surface area contributed by atoms with E-state index in [9.17, 15) is 10.1 Å². The zero-order chi connectivity index (χ0) is 13.9. The standard InChI is InChI=1S/C13H20N4O2/c1-3-13(6-5-7-13)16-12-9-10(17(18)19)8-11(15-12)14-4-2/h8-9H,3-7H2,1-2H3,(H2,14,15,16). The summed E-state index contributed by atoms with van der Waals surface area (Å²) in [6.07, 6.45) is 4.42. The monoisotopic (exact) mass is 264 g/mol. The summed E-state index contributed by atoms with van der Waals surface area (Å²) < 4.78 is 0. The van der Waals surface area contributed by atoms with Crippen LogP contribution in [0.2, 0.25) is 0 Å². The van der Waals surface area contributed by atoms with Gasteiger partial charge in [-0.2, -0.15) is 0 Å². The summed E-state index contributed by atoms with van der Waals surface area (Å²) in [6.45, 7) is 4.76. The largest absolute Gasteiger partial charge is 0.370 e. The predicted octanol–water partition coefficient (Wildman–Crippen LogP) is 3.17. The van der Waals surface area contributed by atoms with Crippen LogP contribution in [0.5, 0.6) is 0 Å². The molecule has 0 aromatic carbocycles. The minimum atomic E-state index is -0.382. The van der Waals surface area contributed by atoms with Crippen molar-refractivity contribution in [2.75, 3.05) is 17.2 Å². The van der Waals surface area contributed by atoms with Crippen molar-refractivity contribution in [3.8, 4) is 0 Å². The minimum Gasteiger partial charge on any atom is -0.370 e. The van der Waals surface area contributed by atoms with E-state index >= 15 is 0 Å². The molecule has 19 heavy (non-hydrogen) atoms. The minimum absolute atomic E-state index is 0.0685. The summed E-state index contributed by atoms with van der Waals surface area (Å²) in [4.78, 5) is 15.0. The van der Waals surface area contributed by atoms with Gasteiger partial charge in [-0.1, -0.05) is 6.92 Å². The third kappa shape index (κ3) is 2.94. The van der Waals surface area contributed by atoms with Crippen LogP contribution in [-0.4, -0.2) is 22.0 Å². The number of anilines is 2. The molecule has 2 rings (SSSR count). The molecule has 0 saturated heterocycles. The Bertz CT molecular complexity index is 466. The molecule has 0 atom stereocenters. The molecule has 1 fully saturated rings. The lowest BCUT2D eigenvalue weighted by Crippen LogP contribution is -2.44. The number of nitrogens with zero attached hydrogens (tertiary/aromatic N) is 2. The third-order valence-corrected chi connectivity index (χ3v) is 3.76. The number of hydrogen-bond donors (Lipinski definition) is 2. The highest BCUT2D eigenvalue weighted by Crippen LogP contribution is 2.38. The molecule has 6 nitrogen and oxygen atoms in total. The number of nitrogens with one attached hydrogen (secondary N) is 2. The Kier molecular flexibility index (Phi) is 3.87. The Hall–Kier alpha value is -1.85. The van der Waals surface area contributed by atoms with Gasteiger partial charge in [-0.3, -0.25) is 10.1 Å². The summed E-state index contributed by atoms with van der Waals surface area (Å²) in [5.41, 5.74) is 0.144. The van der Waals surface area contributed by atoms with Crippen LogP contribution in [0.15, 0.2) is 12.1 Å². The first-order chi connectivity index (χ1) is 9.08. The molecule has 0 bridgehead atoms. The zero-order valence-corrected chi connectivity index (χ0v) is 11.4. The second-order valence-corrected chi connectivity index (χ2v) is 5.00. The van der Waals surface area contributed by atoms with Gasteiger partial charge in [-0.05, 0) is 32.6 Å². The van der Waals surface area contributed by atoms with Gasteiger partial charge in [-0.25, -0.2) is 4.98 Å². The van der Waals surface area contributed by atoms with Crippen LogP contribution in [0.3, 0.4) is 0 Å². The molecular formula is C13H20N4O2. The van der Waals surface area contributed by atoms with Crippen molar-refractivity contribution in [2.45, 2.75) is 45.1 Å². The van der Waals surface area contributed by atoms with Gasteiger partial charge >= 0.3 is 0 Å². The molecule has 1 aromatic heterocycles. The lowest BCUT2D eigenvalue weighted by atomic mass is 9.75. The smallest absolute Gasteiger partial charge is 0.276 e. The van der Waals surface area contributed by atoms with E-state index in [1.807, 2.05) is 6.92 Å². The summed E-state index contributed by atoms with van der Waals surface area (Å²) >= 11 is 0. The second-order valence-electron chi connectivity index (χ2n) is 5.00. The average Bonchev–Trinajstić information content (AvgIpc) is 2.34. The molecule has 1 aliphatic rings. The van der Waals surface area contributed by atoms with Crippen molar-refractivity contribution in [3.05, 3.63) is 22.2 Å². The lowest BCUT2D eigenvalue weighted by molar-refractivity contribution is -0.384. The van der Waals surface area contributed by atoms with Gasteiger partial charge in [0.25, 0.3) is 5.69 Å². The Morgan fingerprint density at radius 2 is 2.05 bits per heavy atom. The SMILES string of the molecule is CCNc1cc([N+](=O)[O-])cc(NC2(CC)CCC2)n1. The molecule has 1 aromatic rings. The van der Waals surface area contributed by atoms with E-state index in [4.69, 9.17) is 0 Å². The highest BCUT2D eigenvalue weighted by Gasteiger charge is 2.35. The molecule has 2 N–H and O–H groups in total. The van der Waals surface area contributed by atoms with Crippen molar-refractivity contribution < 1.29 is 4.92 Å². The highest BCUT2D eigenvalue weighted by molar-refractivity contribution is 5.55. The normalized spacial score (nSPS) is 16.5. The Morgan fingerprint density at radius 3 is 2.53 bits per heavy atom. The van der Waals surface area contributed by atoms with Gasteiger partial charge in [0.15, 0.2) is 0 Å². The van der Waals surface area contributed by atoms with E-state index in [2.05, 4.69) is 22.5 Å². The number of hydrogen-bond acceptors (Lipinski definition) is 5. The van der Waals surface area contributed by atoms with Crippen molar-refractivity contribution >= 4 is 17.3 Å². The van der Waals surface area contributed by atoms with Crippen LogP contribution in [-0.2, 0) is 0 Å². The van der Waals surface area contributed by atoms with E-state index in [0.717, 1.165) is 19.3 Å². The molecule has 104 valence electrons. The first-order valence-electron chi connectivity index (χ1n) is 6.77. The molecule has 0 aliphatic heterocycles. The first-order valence-corrected chi connectivity index (χ1v) is 6.77. The molecule has 0 unspecified atom stereocenters. The number of nitro groups is 1. The topological polar surface area (TPSA) is 80.1 Å². The van der Waals surface area contributed by atoms with Crippen LogP contribution in [0, 0.1) is 10.1 Å². The summed E-state index contributed by atoms with van der Waals surface area (Å²) in [7, 11) is 0. The van der Waals surface area contributed by atoms with Gasteiger partial charge in [0.1, 0.15) is 11.6 Å². The third-order valence-electron chi connectivity index (χ3n) is 3.76. The molecule has 6 heteroatoms. The van der Waals surface area contributed by atoms with Crippen molar-refractivity contribution in [1.82, 2.24) is 4.98 Å². The maximum atomic E-state index is 11.0. The molecule has 1 saturated carbocycles. The fourth-order valence-corrected chi connectivity index (χ4v) is 2.40. The van der Waals surface area contributed by atoms with E-state index in [0.29, 0.717) is 18.2 Å². The summed E-state index contributed by atoms with van der Waals surface area (Å²) in [5.74, 6) is 1.14. The van der Waals surface area contributed by atoms with Crippen molar-refractivity contribution in [1.29, 1.82) is 0 Å². The van der Waals surface area contributed by atoms with Crippen LogP contribution >= 0.6 is 0 Å². The number of pyridine rings is 1. The molecule has 1 aliphatic carbocycles. The van der Waals surface area contributed by atoms with Crippen LogP contribution in [0.25, 0.3) is 0 Å². The summed E-state index contributed by atoms with van der Waals surface area (Å²) in [5, 5.41) is 17.4. The quantitative estimate of drug-likeness (QED) is 0.609. The Labute approximate surface area is 112 Å². The molecule has 0 radical (unpaired) electrons. The fourth-order valence-electron chi connectivity index (χ4n) is 2.40. The summed E-state index contributed by atoms with van der Waals surface area (Å²) in [6, 6.07) is 2.98. The predicted molar refractivity (Wildman–Crippen MR) is 75.6 cm³/mol. The van der Waals surface area contributed by atoms with Gasteiger partial charge in [0.05, 0.1) is 17.1 Å². The highest BCUT2D eigenvalue weighted by atomic mass is 16.6. The maximum Gasteiger partial charge on any atom is 0.276 e. The molecule has 0 amide bonds. The average molecular weight is 264 g/mol. The van der Waals surface area contributed by atoms with Gasteiger partial charge in [0.2, 0.25) is 0 Å². The van der Waals surface area contributed by atoms with Crippen LogP contribution in [0.1, 0.15) is 39.5 Å². The zero-order valence-electron chi connectivity index (χ0n) is 11.4. The first kappa shape index (κ1) is 13.6. The van der Waals surface area contributed by atoms with Crippen LogP contribution < -0.4 is 10.6 Å². The maximum absolute atomic E-state index is 11.0. The van der Waals surface area contributed by atoms with E-state index < -0.39 is 0 Å². The number of aromatic nitrogens is 1. The molecular weight excluding hydrogens is 244 g/mol. The second kappa shape index (κ2) is 5.42. The fraction of sp³-hybridized carbons (Fsp3) is 0.615. The number of rotatable bonds is 6. The lowest BCUT2D eigenvalue weighted by Gasteiger charge is -2.42. The Morgan fingerprint density at radius 1 is 1.37 bits per heavy atom. The molecule has 1 heterocycles. The van der Waals surface area contributed by atoms with Crippen molar-refractivity contribution in [2.24, 2.45) is 0 Å². The van der Waals surface area contributed by atoms with E-state index in [-0.39, 0.29) is 16.1 Å². The van der Waals surface area contributed by atoms with E-state index in [1.54, 1.807) is 0 Å². The van der Waals surface area contributed by atoms with Gasteiger partial charge in [0, 0.05) is 12.1 Å². The van der Waals surface area contributed by atoms with Crippen molar-refractivity contribution in [3.63, 3.8) is 0 Å². The van der Waals surface area contributed by atoms with Gasteiger partial charge in [-0.15, -0.1) is 0 Å². The Balaban J connectivity index is 2.25.